The molecule has 1 N–H and O–H groups in total. The molecule has 194 valence electrons. The van der Waals surface area contributed by atoms with Gasteiger partial charge in [-0.1, -0.05) is 47.4 Å². The molecule has 0 saturated carbocycles. The molecule has 0 bridgehead atoms. The molecule has 1 atom stereocenters. The maximum Gasteiger partial charge on any atom is 0.120 e. The lowest BCUT2D eigenvalue weighted by Crippen LogP contribution is -2.26. The van der Waals surface area contributed by atoms with Crippen LogP contribution < -0.4 is 0 Å². The van der Waals surface area contributed by atoms with Crippen LogP contribution in [0.5, 0.6) is 0 Å². The van der Waals surface area contributed by atoms with Gasteiger partial charge in [0, 0.05) is 32.0 Å². The Morgan fingerprint density at radius 2 is 1.89 bits per heavy atom. The highest BCUT2D eigenvalue weighted by atomic mass is 32.1. The van der Waals surface area contributed by atoms with Crippen molar-refractivity contribution < 1.29 is 9.84 Å². The molecule has 1 fully saturated rings. The summed E-state index contributed by atoms with van der Waals surface area (Å²) >= 11 is 1.63. The number of nitrogens with zero attached hydrogens (tertiary/aromatic N) is 5. The number of aromatic nitrogens is 5. The first kappa shape index (κ1) is 24.8. The predicted molar refractivity (Wildman–Crippen MR) is 151 cm³/mol. The SMILES string of the molecule is Cc1nnn(C)c1-c1cnc2c3sc(C#CC(C)(C)O)cc3n(C(c3ccccc3)C3CCOCC3)c2c1. The fraction of sp³-hybridized carbons (Fsp3) is 0.367. The van der Waals surface area contributed by atoms with Crippen molar-refractivity contribution in [2.45, 2.75) is 45.3 Å². The molecule has 1 aliphatic heterocycles. The van der Waals surface area contributed by atoms with Gasteiger partial charge in [-0.05, 0) is 57.2 Å². The van der Waals surface area contributed by atoms with E-state index < -0.39 is 5.60 Å². The predicted octanol–water partition coefficient (Wildman–Crippen LogP) is 5.49. The summed E-state index contributed by atoms with van der Waals surface area (Å²) in [7, 11) is 1.92. The van der Waals surface area contributed by atoms with E-state index in [0.29, 0.717) is 5.92 Å². The molecule has 0 spiro atoms. The number of thiophene rings is 1. The Bertz CT molecular complexity index is 1650. The normalized spacial score (nSPS) is 15.6. The molecule has 0 aliphatic carbocycles. The third-order valence-electron chi connectivity index (χ3n) is 7.21. The average molecular weight is 526 g/mol. The van der Waals surface area contributed by atoms with Gasteiger partial charge in [0.15, 0.2) is 0 Å². The Kier molecular flexibility index (Phi) is 6.31. The van der Waals surface area contributed by atoms with Crippen LogP contribution in [-0.2, 0) is 11.8 Å². The Morgan fingerprint density at radius 3 is 2.58 bits per heavy atom. The van der Waals surface area contributed by atoms with Crippen molar-refractivity contribution >= 4 is 32.6 Å². The van der Waals surface area contributed by atoms with Crippen molar-refractivity contribution in [2.24, 2.45) is 13.0 Å². The van der Waals surface area contributed by atoms with Crippen LogP contribution in [0.4, 0.5) is 0 Å². The van der Waals surface area contributed by atoms with E-state index in [1.54, 1.807) is 25.2 Å². The van der Waals surface area contributed by atoms with Crippen molar-refractivity contribution in [1.29, 1.82) is 0 Å². The Morgan fingerprint density at radius 1 is 1.13 bits per heavy atom. The van der Waals surface area contributed by atoms with Crippen LogP contribution in [0.2, 0.25) is 0 Å². The molecular weight excluding hydrogens is 494 g/mol. The van der Waals surface area contributed by atoms with Gasteiger partial charge in [-0.25, -0.2) is 4.68 Å². The molecule has 1 aromatic carbocycles. The maximum absolute atomic E-state index is 10.2. The smallest absolute Gasteiger partial charge is 0.120 e. The monoisotopic (exact) mass is 525 g/mol. The molecule has 0 radical (unpaired) electrons. The zero-order valence-corrected chi connectivity index (χ0v) is 22.9. The molecule has 8 heteroatoms. The molecule has 4 aromatic heterocycles. The topological polar surface area (TPSA) is 78.0 Å². The first-order valence-electron chi connectivity index (χ1n) is 13.0. The van der Waals surface area contributed by atoms with Gasteiger partial charge in [0.25, 0.3) is 0 Å². The number of fused-ring (bicyclic) bond motifs is 3. The number of hydrogen-bond donors (Lipinski definition) is 1. The van der Waals surface area contributed by atoms with Crippen LogP contribution in [0, 0.1) is 24.7 Å². The van der Waals surface area contributed by atoms with Crippen molar-refractivity contribution in [3.63, 3.8) is 0 Å². The van der Waals surface area contributed by atoms with E-state index in [1.165, 1.54) is 5.56 Å². The van der Waals surface area contributed by atoms with Crippen molar-refractivity contribution in [1.82, 2.24) is 24.5 Å². The zero-order chi connectivity index (χ0) is 26.4. The van der Waals surface area contributed by atoms with Gasteiger partial charge >= 0.3 is 0 Å². The van der Waals surface area contributed by atoms with Gasteiger partial charge in [-0.15, -0.1) is 16.4 Å². The van der Waals surface area contributed by atoms with Crippen molar-refractivity contribution in [3.05, 3.63) is 64.8 Å². The van der Waals surface area contributed by atoms with E-state index in [-0.39, 0.29) is 6.04 Å². The molecule has 1 aliphatic rings. The highest BCUT2D eigenvalue weighted by molar-refractivity contribution is 7.20. The minimum absolute atomic E-state index is 0.118. The van der Waals surface area contributed by atoms with E-state index in [4.69, 9.17) is 9.72 Å². The lowest BCUT2D eigenvalue weighted by molar-refractivity contribution is 0.0553. The summed E-state index contributed by atoms with van der Waals surface area (Å²) < 4.78 is 11.2. The number of aryl methyl sites for hydroxylation is 2. The fourth-order valence-corrected chi connectivity index (χ4v) is 6.56. The van der Waals surface area contributed by atoms with Crippen molar-refractivity contribution in [3.8, 4) is 23.1 Å². The number of benzene rings is 1. The lowest BCUT2D eigenvalue weighted by atomic mass is 9.86. The van der Waals surface area contributed by atoms with Crippen LogP contribution in [-0.4, -0.2) is 48.5 Å². The number of hydrogen-bond acceptors (Lipinski definition) is 6. The Labute approximate surface area is 226 Å². The summed E-state index contributed by atoms with van der Waals surface area (Å²) in [4.78, 5) is 5.93. The summed E-state index contributed by atoms with van der Waals surface area (Å²) in [5.41, 5.74) is 6.24. The maximum atomic E-state index is 10.2. The largest absolute Gasteiger partial charge is 0.381 e. The van der Waals surface area contributed by atoms with E-state index in [1.807, 2.05) is 24.9 Å². The van der Waals surface area contributed by atoms with E-state index in [9.17, 15) is 5.11 Å². The van der Waals surface area contributed by atoms with Gasteiger partial charge < -0.3 is 14.4 Å². The number of pyridine rings is 1. The van der Waals surface area contributed by atoms with Gasteiger partial charge in [-0.2, -0.15) is 0 Å². The summed E-state index contributed by atoms with van der Waals surface area (Å²) in [5, 5.41) is 18.7. The van der Waals surface area contributed by atoms with Crippen LogP contribution in [0.3, 0.4) is 0 Å². The highest BCUT2D eigenvalue weighted by Crippen LogP contribution is 2.43. The molecule has 5 heterocycles. The summed E-state index contributed by atoms with van der Waals surface area (Å²) in [5.74, 6) is 6.59. The Balaban J connectivity index is 1.64. The Hall–Kier alpha value is -3.51. The first-order valence-corrected chi connectivity index (χ1v) is 13.8. The molecule has 5 aromatic rings. The van der Waals surface area contributed by atoms with Gasteiger partial charge in [0.1, 0.15) is 11.1 Å². The standard InChI is InChI=1S/C30H31N5O2S/c1-19-27(34(4)33-32-19)22-16-24-26(31-18-22)29-25(17-23(38-29)10-13-30(2,3)36)35(24)28(20-8-6-5-7-9-20)21-11-14-37-15-12-21/h5-9,16-18,21,28,36H,11-12,14-15H2,1-4H3. The minimum Gasteiger partial charge on any atom is -0.381 e. The third-order valence-corrected chi connectivity index (χ3v) is 8.25. The van der Waals surface area contributed by atoms with E-state index >= 15 is 0 Å². The van der Waals surface area contributed by atoms with Gasteiger partial charge in [0.05, 0.1) is 38.0 Å². The average Bonchev–Trinajstić information content (AvgIpc) is 3.56. The summed E-state index contributed by atoms with van der Waals surface area (Å²) in [6, 6.07) is 15.3. The first-order chi connectivity index (χ1) is 18.3. The van der Waals surface area contributed by atoms with Crippen LogP contribution in [0.1, 0.15) is 48.9 Å². The molecule has 0 amide bonds. The van der Waals surface area contributed by atoms with E-state index in [0.717, 1.165) is 69.1 Å². The van der Waals surface area contributed by atoms with Crippen LogP contribution in [0.25, 0.3) is 32.5 Å². The third kappa shape index (κ3) is 4.51. The second-order valence-corrected chi connectivity index (χ2v) is 11.6. The van der Waals surface area contributed by atoms with Crippen LogP contribution >= 0.6 is 11.3 Å². The highest BCUT2D eigenvalue weighted by Gasteiger charge is 2.31. The molecule has 7 nitrogen and oxygen atoms in total. The summed E-state index contributed by atoms with van der Waals surface area (Å²) in [6.45, 7) is 6.93. The fourth-order valence-electron chi connectivity index (χ4n) is 5.55. The molecule has 1 unspecified atom stereocenters. The lowest BCUT2D eigenvalue weighted by Gasteiger charge is -2.33. The van der Waals surface area contributed by atoms with Crippen molar-refractivity contribution in [2.75, 3.05) is 13.2 Å². The molecule has 1 saturated heterocycles. The number of rotatable bonds is 4. The quantitative estimate of drug-likeness (QED) is 0.314. The summed E-state index contributed by atoms with van der Waals surface area (Å²) in [6.07, 6.45) is 3.91. The van der Waals surface area contributed by atoms with E-state index in [2.05, 4.69) is 69.2 Å². The van der Waals surface area contributed by atoms with Crippen LogP contribution in [0.15, 0.2) is 48.7 Å². The number of ether oxygens (including phenoxy) is 1. The number of aliphatic hydroxyl groups is 1. The second-order valence-electron chi connectivity index (χ2n) is 10.5. The zero-order valence-electron chi connectivity index (χ0n) is 22.1. The molecular formula is C30H31N5O2S. The van der Waals surface area contributed by atoms with Gasteiger partial charge in [0.2, 0.25) is 0 Å². The molecule has 6 rings (SSSR count). The minimum atomic E-state index is -1.05. The molecule has 38 heavy (non-hydrogen) atoms. The van der Waals surface area contributed by atoms with Gasteiger partial charge in [-0.3, -0.25) is 4.98 Å². The second kappa shape index (κ2) is 9.66.